The van der Waals surface area contributed by atoms with Crippen molar-refractivity contribution in [3.63, 3.8) is 0 Å². The van der Waals surface area contributed by atoms with Gasteiger partial charge in [-0.15, -0.1) is 0 Å². The lowest BCUT2D eigenvalue weighted by atomic mass is 10.1. The van der Waals surface area contributed by atoms with Gasteiger partial charge < -0.3 is 18.9 Å². The van der Waals surface area contributed by atoms with Gasteiger partial charge in [0.1, 0.15) is 18.1 Å². The Kier molecular flexibility index (Phi) is 6.01. The lowest BCUT2D eigenvalue weighted by molar-refractivity contribution is 0.120. The van der Waals surface area contributed by atoms with Gasteiger partial charge in [-0.3, -0.25) is 0 Å². The van der Waals surface area contributed by atoms with Crippen LogP contribution in [-0.2, 0) is 17.8 Å². The minimum absolute atomic E-state index is 0.0290. The summed E-state index contributed by atoms with van der Waals surface area (Å²) in [6, 6.07) is 9.74. The number of hydrogen-bond donors (Lipinski definition) is 0. The molecule has 2 rings (SSSR count). The van der Waals surface area contributed by atoms with Crippen LogP contribution in [0.4, 0.5) is 9.18 Å². The Morgan fingerprint density at radius 2 is 1.83 bits per heavy atom. The number of methoxy groups -OCH3 is 2. The highest BCUT2D eigenvalue weighted by molar-refractivity contribution is 5.65. The fourth-order valence-corrected chi connectivity index (χ4v) is 2.14. The molecule has 0 aliphatic heterocycles. The summed E-state index contributed by atoms with van der Waals surface area (Å²) in [4.78, 5) is 11.3. The highest BCUT2D eigenvalue weighted by Crippen LogP contribution is 2.30. The molecule has 5 nitrogen and oxygen atoms in total. The molecule has 24 heavy (non-hydrogen) atoms. The Bertz CT molecular complexity index is 715. The fourth-order valence-electron chi connectivity index (χ4n) is 2.14. The molecule has 0 unspecified atom stereocenters. The first-order valence-electron chi connectivity index (χ1n) is 7.42. The average Bonchev–Trinajstić information content (AvgIpc) is 2.60. The molecule has 0 aliphatic rings. The van der Waals surface area contributed by atoms with Crippen LogP contribution < -0.4 is 14.2 Å². The first-order chi connectivity index (χ1) is 11.6. The maximum Gasteiger partial charge on any atom is 0.513 e. The van der Waals surface area contributed by atoms with Gasteiger partial charge in [-0.2, -0.15) is 0 Å². The third-order valence-electron chi connectivity index (χ3n) is 3.45. The number of ether oxygens (including phenoxy) is 4. The molecular weight excluding hydrogens is 315 g/mol. The number of carbonyl (C=O) groups excluding carboxylic acids is 1. The van der Waals surface area contributed by atoms with E-state index in [2.05, 4.69) is 4.74 Å². The third kappa shape index (κ3) is 4.16. The molecule has 0 N–H and O–H groups in total. The van der Waals surface area contributed by atoms with Gasteiger partial charge in [-0.25, -0.2) is 9.18 Å². The fraction of sp³-hybridized carbons (Fsp3) is 0.278. The van der Waals surface area contributed by atoms with Crippen molar-refractivity contribution in [2.45, 2.75) is 20.0 Å². The second-order valence-corrected chi connectivity index (χ2v) is 4.90. The molecule has 0 spiro atoms. The van der Waals surface area contributed by atoms with Gasteiger partial charge in [0.15, 0.2) is 11.6 Å². The van der Waals surface area contributed by atoms with Crippen LogP contribution in [0.3, 0.4) is 0 Å². The van der Waals surface area contributed by atoms with Crippen LogP contribution >= 0.6 is 0 Å². The van der Waals surface area contributed by atoms with Gasteiger partial charge in [0, 0.05) is 0 Å². The van der Waals surface area contributed by atoms with E-state index in [1.165, 1.54) is 20.3 Å². The van der Waals surface area contributed by atoms with Crippen molar-refractivity contribution in [2.75, 3.05) is 14.2 Å². The summed E-state index contributed by atoms with van der Waals surface area (Å²) in [5.74, 6) is 0.357. The largest absolute Gasteiger partial charge is 0.513 e. The second-order valence-electron chi connectivity index (χ2n) is 4.90. The molecule has 2 aromatic carbocycles. The number of aryl methyl sites for hydroxylation is 1. The van der Waals surface area contributed by atoms with Crippen molar-refractivity contribution < 1.29 is 28.1 Å². The standard InChI is InChI=1S/C18H19FO5/c1-4-12-8-9-17(14(19)10-12)23-11-13-15(21-2)6-5-7-16(13)24-18(20)22-3/h5-10H,4,11H2,1-3H3. The van der Waals surface area contributed by atoms with Crippen molar-refractivity contribution in [3.05, 3.63) is 53.3 Å². The van der Waals surface area contributed by atoms with Crippen LogP contribution in [0.25, 0.3) is 0 Å². The van der Waals surface area contributed by atoms with Crippen molar-refractivity contribution in [3.8, 4) is 17.2 Å². The van der Waals surface area contributed by atoms with Crippen LogP contribution in [0.2, 0.25) is 0 Å². The summed E-state index contributed by atoms with van der Waals surface area (Å²) >= 11 is 0. The molecule has 0 fully saturated rings. The van der Waals surface area contributed by atoms with E-state index in [0.29, 0.717) is 11.3 Å². The van der Waals surface area contributed by atoms with Crippen molar-refractivity contribution in [1.29, 1.82) is 0 Å². The highest BCUT2D eigenvalue weighted by Gasteiger charge is 2.15. The Morgan fingerprint density at radius 1 is 1.08 bits per heavy atom. The maximum atomic E-state index is 14.0. The molecule has 2 aromatic rings. The van der Waals surface area contributed by atoms with Gasteiger partial charge in [-0.1, -0.05) is 19.1 Å². The van der Waals surface area contributed by atoms with Gasteiger partial charge in [0.2, 0.25) is 0 Å². The summed E-state index contributed by atoms with van der Waals surface area (Å²) in [7, 11) is 2.70. The third-order valence-corrected chi connectivity index (χ3v) is 3.45. The van der Waals surface area contributed by atoms with Crippen LogP contribution in [0, 0.1) is 5.82 Å². The molecule has 0 saturated heterocycles. The molecule has 0 amide bonds. The average molecular weight is 334 g/mol. The van der Waals surface area contributed by atoms with E-state index in [4.69, 9.17) is 14.2 Å². The molecule has 0 radical (unpaired) electrons. The molecule has 0 aromatic heterocycles. The minimum Gasteiger partial charge on any atom is -0.496 e. The molecule has 0 saturated carbocycles. The van der Waals surface area contributed by atoms with Gasteiger partial charge in [-0.05, 0) is 36.2 Å². The SMILES string of the molecule is CCc1ccc(OCc2c(OC)cccc2OC(=O)OC)c(F)c1. The number of hydrogen-bond acceptors (Lipinski definition) is 5. The number of rotatable bonds is 6. The first kappa shape index (κ1) is 17.6. The summed E-state index contributed by atoms with van der Waals surface area (Å²) in [6.45, 7) is 1.92. The van der Waals surface area contributed by atoms with E-state index in [1.807, 2.05) is 6.92 Å². The zero-order valence-corrected chi connectivity index (χ0v) is 13.8. The van der Waals surface area contributed by atoms with Crippen LogP contribution in [0.5, 0.6) is 17.2 Å². The highest BCUT2D eigenvalue weighted by atomic mass is 19.1. The second kappa shape index (κ2) is 8.19. The quantitative estimate of drug-likeness (QED) is 0.587. The Labute approximate surface area is 139 Å². The molecule has 6 heteroatoms. The van der Waals surface area contributed by atoms with E-state index in [0.717, 1.165) is 12.0 Å². The number of benzene rings is 2. The lowest BCUT2D eigenvalue weighted by Gasteiger charge is -2.14. The van der Waals surface area contributed by atoms with Crippen molar-refractivity contribution >= 4 is 6.16 Å². The van der Waals surface area contributed by atoms with Gasteiger partial charge in [0.25, 0.3) is 0 Å². The number of halogens is 1. The molecule has 128 valence electrons. The Hall–Kier alpha value is -2.76. The smallest absolute Gasteiger partial charge is 0.496 e. The van der Waals surface area contributed by atoms with Crippen LogP contribution in [-0.4, -0.2) is 20.4 Å². The van der Waals surface area contributed by atoms with E-state index in [-0.39, 0.29) is 18.1 Å². The summed E-state index contributed by atoms with van der Waals surface area (Å²) in [6.07, 6.45) is -0.121. The van der Waals surface area contributed by atoms with E-state index < -0.39 is 12.0 Å². The maximum absolute atomic E-state index is 14.0. The zero-order chi connectivity index (χ0) is 17.5. The van der Waals surface area contributed by atoms with Gasteiger partial charge in [0.05, 0.1) is 19.8 Å². The summed E-state index contributed by atoms with van der Waals surface area (Å²) < 4.78 is 34.4. The molecule has 0 heterocycles. The zero-order valence-electron chi connectivity index (χ0n) is 13.8. The molecule has 0 atom stereocenters. The van der Waals surface area contributed by atoms with Gasteiger partial charge >= 0.3 is 6.16 Å². The normalized spacial score (nSPS) is 10.2. The van der Waals surface area contributed by atoms with Crippen LogP contribution in [0.15, 0.2) is 36.4 Å². The van der Waals surface area contributed by atoms with E-state index in [1.54, 1.807) is 30.3 Å². The van der Waals surface area contributed by atoms with Crippen molar-refractivity contribution in [2.24, 2.45) is 0 Å². The monoisotopic (exact) mass is 334 g/mol. The first-order valence-corrected chi connectivity index (χ1v) is 7.42. The lowest BCUT2D eigenvalue weighted by Crippen LogP contribution is -2.10. The summed E-state index contributed by atoms with van der Waals surface area (Å²) in [5, 5.41) is 0. The molecular formula is C18H19FO5. The predicted octanol–water partition coefficient (Wildman–Crippen LogP) is 4.12. The summed E-state index contributed by atoms with van der Waals surface area (Å²) in [5.41, 5.74) is 1.36. The Morgan fingerprint density at radius 3 is 2.46 bits per heavy atom. The predicted molar refractivity (Wildman–Crippen MR) is 86.1 cm³/mol. The topological polar surface area (TPSA) is 54.0 Å². The van der Waals surface area contributed by atoms with Crippen LogP contribution in [0.1, 0.15) is 18.1 Å². The molecule has 0 aliphatic carbocycles. The molecule has 0 bridgehead atoms. The van der Waals surface area contributed by atoms with E-state index in [9.17, 15) is 9.18 Å². The van der Waals surface area contributed by atoms with Crippen molar-refractivity contribution in [1.82, 2.24) is 0 Å². The van der Waals surface area contributed by atoms with E-state index >= 15 is 0 Å². The Balaban J connectivity index is 2.23. The minimum atomic E-state index is -0.858. The number of carbonyl (C=O) groups is 1.